The Balaban J connectivity index is 1.34. The maximum absolute atomic E-state index is 10.8. The number of nitrogens with two attached hydrogens (primary N) is 1. The minimum atomic E-state index is -0.600. The predicted molar refractivity (Wildman–Crippen MR) is 131 cm³/mol. The van der Waals surface area contributed by atoms with Gasteiger partial charge in [-0.25, -0.2) is 14.4 Å². The summed E-state index contributed by atoms with van der Waals surface area (Å²) in [6.45, 7) is 0. The van der Waals surface area contributed by atoms with Crippen LogP contribution in [0, 0.1) is 5.92 Å². The van der Waals surface area contributed by atoms with Gasteiger partial charge in [-0.15, -0.1) is 5.10 Å². The summed E-state index contributed by atoms with van der Waals surface area (Å²) in [5, 5.41) is 28.8. The second-order valence-electron chi connectivity index (χ2n) is 9.99. The lowest BCUT2D eigenvalue weighted by Gasteiger charge is -2.52. The molecule has 0 unspecified atom stereocenters. The summed E-state index contributed by atoms with van der Waals surface area (Å²) in [5.74, 6) is 0.413. The van der Waals surface area contributed by atoms with Gasteiger partial charge in [0.25, 0.3) is 0 Å². The van der Waals surface area contributed by atoms with E-state index in [4.69, 9.17) is 15.7 Å². The molecule has 5 aromatic rings. The van der Waals surface area contributed by atoms with E-state index in [1.165, 1.54) is 4.40 Å². The molecule has 3 heterocycles. The second-order valence-corrected chi connectivity index (χ2v) is 9.99. The molecule has 0 bridgehead atoms. The number of benzene rings is 2. The molecule has 0 saturated heterocycles. The fourth-order valence-corrected chi connectivity index (χ4v) is 5.58. The Morgan fingerprint density at radius 3 is 2.23 bits per heavy atom. The van der Waals surface area contributed by atoms with E-state index >= 15 is 0 Å². The Morgan fingerprint density at radius 2 is 1.51 bits per heavy atom. The quantitative estimate of drug-likeness (QED) is 0.370. The molecule has 0 aliphatic heterocycles. The number of hydrogen-bond acceptors (Lipinski definition) is 7. The molecule has 7 rings (SSSR count). The summed E-state index contributed by atoms with van der Waals surface area (Å²) in [7, 11) is 0. The molecule has 4 N–H and O–H groups in total. The molecule has 8 heteroatoms. The molecule has 2 fully saturated rings. The Hall–Kier alpha value is -3.88. The van der Waals surface area contributed by atoms with Crippen molar-refractivity contribution in [3.05, 3.63) is 72.3 Å². The number of pyridine rings is 1. The molecule has 2 aliphatic rings. The molecule has 3 aromatic heterocycles. The standard InChI is InChI=1S/C27H24N6O2/c28-26(14-27(35,15-26)19-10-11-19)18-8-6-17(7-9-18)22-23(16-4-2-1-3-5-16)30-24-20(29-22)12-13-21-31-32-25(34)33(21)24/h1-9,12-13,19,35H,10-11,14-15,28H2,(H,32,34). The van der Waals surface area contributed by atoms with Crippen LogP contribution in [0.2, 0.25) is 0 Å². The molecule has 0 radical (unpaired) electrons. The van der Waals surface area contributed by atoms with Crippen molar-refractivity contribution in [2.45, 2.75) is 36.8 Å². The van der Waals surface area contributed by atoms with Gasteiger partial charge in [-0.05, 0) is 49.3 Å². The highest BCUT2D eigenvalue weighted by Gasteiger charge is 2.58. The van der Waals surface area contributed by atoms with Crippen LogP contribution in [0.15, 0.2) is 66.7 Å². The molecular weight excluding hydrogens is 440 g/mol. The van der Waals surface area contributed by atoms with Crippen molar-refractivity contribution in [2.75, 3.05) is 0 Å². The van der Waals surface area contributed by atoms with Crippen molar-refractivity contribution in [2.24, 2.45) is 11.7 Å². The molecule has 174 valence electrons. The van der Waals surface area contributed by atoms with Gasteiger partial charge in [-0.2, -0.15) is 0 Å². The molecule has 2 aromatic carbocycles. The molecular formula is C27H24N6O2. The van der Waals surface area contributed by atoms with Crippen LogP contribution < -0.4 is 5.73 Å². The van der Waals surface area contributed by atoms with E-state index in [2.05, 4.69) is 10.2 Å². The van der Waals surface area contributed by atoms with E-state index < -0.39 is 11.1 Å². The fourth-order valence-electron chi connectivity index (χ4n) is 5.58. The van der Waals surface area contributed by atoms with E-state index in [9.17, 15) is 10.2 Å². The van der Waals surface area contributed by atoms with Gasteiger partial charge in [0.2, 0.25) is 0 Å². The number of hydrogen-bond donors (Lipinski definition) is 3. The van der Waals surface area contributed by atoms with Crippen LogP contribution >= 0.6 is 0 Å². The topological polar surface area (TPSA) is 122 Å². The minimum absolute atomic E-state index is 0.226. The number of aromatic hydroxyl groups is 1. The lowest BCUT2D eigenvalue weighted by molar-refractivity contribution is -0.106. The second kappa shape index (κ2) is 7.07. The van der Waals surface area contributed by atoms with Gasteiger partial charge >= 0.3 is 6.01 Å². The van der Waals surface area contributed by atoms with Gasteiger partial charge in [-0.3, -0.25) is 0 Å². The Kier molecular flexibility index (Phi) is 4.14. The normalized spacial score (nSPS) is 24.1. The minimum Gasteiger partial charge on any atom is -0.479 e. The summed E-state index contributed by atoms with van der Waals surface area (Å²) >= 11 is 0. The monoisotopic (exact) mass is 464 g/mol. The molecule has 0 spiro atoms. The van der Waals surface area contributed by atoms with E-state index in [0.29, 0.717) is 41.3 Å². The summed E-state index contributed by atoms with van der Waals surface area (Å²) in [6.07, 6.45) is 3.42. The number of nitrogens with zero attached hydrogens (tertiary/aromatic N) is 5. The van der Waals surface area contributed by atoms with Crippen LogP contribution in [0.1, 0.15) is 31.2 Å². The van der Waals surface area contributed by atoms with Gasteiger partial charge < -0.3 is 15.9 Å². The van der Waals surface area contributed by atoms with Gasteiger partial charge in [0, 0.05) is 16.7 Å². The fraction of sp³-hybridized carbons (Fsp3) is 0.259. The van der Waals surface area contributed by atoms with Crippen molar-refractivity contribution in [3.8, 4) is 28.5 Å². The Morgan fingerprint density at radius 1 is 0.829 bits per heavy atom. The van der Waals surface area contributed by atoms with E-state index in [1.807, 2.05) is 60.7 Å². The van der Waals surface area contributed by atoms with Crippen molar-refractivity contribution in [3.63, 3.8) is 0 Å². The summed E-state index contributed by atoms with van der Waals surface area (Å²) in [4.78, 5) is 9.88. The first-order valence-corrected chi connectivity index (χ1v) is 11.9. The smallest absolute Gasteiger partial charge is 0.320 e. The highest BCUT2D eigenvalue weighted by atomic mass is 16.3. The molecule has 0 atom stereocenters. The van der Waals surface area contributed by atoms with Crippen molar-refractivity contribution in [1.29, 1.82) is 0 Å². The van der Waals surface area contributed by atoms with Crippen LogP contribution in [0.5, 0.6) is 6.01 Å². The third-order valence-electron chi connectivity index (χ3n) is 7.54. The predicted octanol–water partition coefficient (Wildman–Crippen LogP) is 3.80. The first-order chi connectivity index (χ1) is 16.9. The Labute approximate surface area is 201 Å². The van der Waals surface area contributed by atoms with Gasteiger partial charge in [0.15, 0.2) is 11.3 Å². The van der Waals surface area contributed by atoms with Gasteiger partial charge in [0.05, 0.1) is 17.0 Å². The van der Waals surface area contributed by atoms with Gasteiger partial charge in [-0.1, -0.05) is 59.7 Å². The average Bonchev–Trinajstić information content (AvgIpc) is 3.66. The maximum atomic E-state index is 10.8. The summed E-state index contributed by atoms with van der Waals surface area (Å²) < 4.78 is 1.50. The molecule has 2 saturated carbocycles. The third-order valence-corrected chi connectivity index (χ3v) is 7.54. The first kappa shape index (κ1) is 20.5. The molecule has 8 nitrogen and oxygen atoms in total. The highest BCUT2D eigenvalue weighted by molar-refractivity contribution is 5.86. The zero-order valence-electron chi connectivity index (χ0n) is 19.0. The summed E-state index contributed by atoms with van der Waals surface area (Å²) in [6, 6.07) is 21.3. The third kappa shape index (κ3) is 3.14. The van der Waals surface area contributed by atoms with E-state index in [0.717, 1.165) is 35.2 Å². The van der Waals surface area contributed by atoms with Crippen molar-refractivity contribution >= 4 is 16.8 Å². The SMILES string of the molecule is NC1(c2ccc(-c3nc4ccc5nnc(O)n5c4nc3-c3ccccc3)cc2)CC(O)(C2CC2)C1. The number of fused-ring (bicyclic) bond motifs is 3. The number of aliphatic hydroxyl groups is 1. The lowest BCUT2D eigenvalue weighted by atomic mass is 9.60. The average molecular weight is 465 g/mol. The van der Waals surface area contributed by atoms with Crippen LogP contribution in [0.25, 0.3) is 39.3 Å². The largest absolute Gasteiger partial charge is 0.479 e. The Bertz CT molecular complexity index is 1590. The lowest BCUT2D eigenvalue weighted by Crippen LogP contribution is -2.60. The van der Waals surface area contributed by atoms with Crippen LogP contribution in [-0.4, -0.2) is 40.4 Å². The zero-order valence-corrected chi connectivity index (χ0v) is 19.0. The van der Waals surface area contributed by atoms with Crippen molar-refractivity contribution < 1.29 is 10.2 Å². The number of aromatic nitrogens is 5. The molecule has 2 aliphatic carbocycles. The molecule has 0 amide bonds. The van der Waals surface area contributed by atoms with E-state index in [-0.39, 0.29) is 6.01 Å². The maximum Gasteiger partial charge on any atom is 0.320 e. The van der Waals surface area contributed by atoms with E-state index in [1.54, 1.807) is 6.07 Å². The highest BCUT2D eigenvalue weighted by Crippen LogP contribution is 2.57. The van der Waals surface area contributed by atoms with Crippen LogP contribution in [0.4, 0.5) is 0 Å². The van der Waals surface area contributed by atoms with Gasteiger partial charge in [0.1, 0.15) is 5.52 Å². The van der Waals surface area contributed by atoms with Crippen molar-refractivity contribution in [1.82, 2.24) is 24.6 Å². The summed E-state index contributed by atoms with van der Waals surface area (Å²) in [5.41, 5.74) is 11.5. The van der Waals surface area contributed by atoms with Crippen LogP contribution in [-0.2, 0) is 5.54 Å². The van der Waals surface area contributed by atoms with Crippen LogP contribution in [0.3, 0.4) is 0 Å². The zero-order chi connectivity index (χ0) is 23.8. The number of rotatable bonds is 4. The first-order valence-electron chi connectivity index (χ1n) is 11.9. The molecule has 35 heavy (non-hydrogen) atoms.